The van der Waals surface area contributed by atoms with Crippen LogP contribution in [0.4, 0.5) is 0 Å². The summed E-state index contributed by atoms with van der Waals surface area (Å²) in [6.07, 6.45) is 6.78. The molecule has 2 aromatic carbocycles. The van der Waals surface area contributed by atoms with Gasteiger partial charge in [0.1, 0.15) is 6.04 Å². The van der Waals surface area contributed by atoms with E-state index in [4.69, 9.17) is 9.47 Å². The van der Waals surface area contributed by atoms with Gasteiger partial charge in [-0.1, -0.05) is 62.4 Å². The zero-order chi connectivity index (χ0) is 30.9. The van der Waals surface area contributed by atoms with Crippen LogP contribution in [-0.2, 0) is 25.7 Å². The largest absolute Gasteiger partial charge is 0.454 e. The number of hydrogen-bond acceptors (Lipinski definition) is 7. The molecule has 2 aromatic rings. The van der Waals surface area contributed by atoms with Gasteiger partial charge in [-0.2, -0.15) is 0 Å². The third kappa shape index (κ3) is 8.15. The van der Waals surface area contributed by atoms with Crippen molar-refractivity contribution in [2.24, 2.45) is 11.8 Å². The number of ether oxygens (including phenoxy) is 2. The lowest BCUT2D eigenvalue weighted by atomic mass is 9.84. The van der Waals surface area contributed by atoms with E-state index in [2.05, 4.69) is 21.3 Å². The van der Waals surface area contributed by atoms with Crippen LogP contribution in [0.25, 0.3) is 0 Å². The molecule has 2 aliphatic heterocycles. The van der Waals surface area contributed by atoms with Crippen LogP contribution in [0.5, 0.6) is 11.5 Å². The Balaban J connectivity index is 1.32. The number of nitrogens with one attached hydrogen (secondary N) is 4. The van der Waals surface area contributed by atoms with Crippen molar-refractivity contribution in [1.82, 2.24) is 21.3 Å². The third-order valence-corrected chi connectivity index (χ3v) is 8.62. The molecule has 0 aromatic heterocycles. The molecular formula is C33H40N4O7. The molecular weight excluding hydrogens is 564 g/mol. The maximum absolute atomic E-state index is 13.9. The summed E-state index contributed by atoms with van der Waals surface area (Å²) in [5.41, 5.74) is 1.13. The van der Waals surface area contributed by atoms with Crippen LogP contribution in [0.1, 0.15) is 73.7 Å². The number of benzene rings is 2. The molecule has 3 aliphatic rings. The molecule has 0 spiro atoms. The van der Waals surface area contributed by atoms with Crippen molar-refractivity contribution in [3.63, 3.8) is 0 Å². The van der Waals surface area contributed by atoms with Gasteiger partial charge in [0.25, 0.3) is 11.8 Å². The van der Waals surface area contributed by atoms with Crippen molar-refractivity contribution in [3.8, 4) is 11.5 Å². The molecule has 1 aliphatic carbocycles. The topological polar surface area (TPSA) is 152 Å². The van der Waals surface area contributed by atoms with Crippen molar-refractivity contribution in [2.45, 2.75) is 76.4 Å². The molecule has 1 saturated carbocycles. The molecule has 3 atom stereocenters. The summed E-state index contributed by atoms with van der Waals surface area (Å²) in [5, 5.41) is 11.1. The molecule has 5 rings (SSSR count). The second-order valence-corrected chi connectivity index (χ2v) is 11.8. The number of ketones is 1. The van der Waals surface area contributed by atoms with E-state index in [1.807, 2.05) is 30.3 Å². The lowest BCUT2D eigenvalue weighted by Gasteiger charge is -2.29. The quantitative estimate of drug-likeness (QED) is 0.272. The summed E-state index contributed by atoms with van der Waals surface area (Å²) < 4.78 is 10.7. The van der Waals surface area contributed by atoms with Crippen LogP contribution >= 0.6 is 0 Å². The van der Waals surface area contributed by atoms with E-state index in [0.29, 0.717) is 36.4 Å². The highest BCUT2D eigenvalue weighted by atomic mass is 16.7. The number of fused-ring (bicyclic) bond motifs is 1. The van der Waals surface area contributed by atoms with Gasteiger partial charge in [0, 0.05) is 24.6 Å². The Morgan fingerprint density at radius 2 is 1.61 bits per heavy atom. The minimum absolute atomic E-state index is 0.0125. The van der Waals surface area contributed by atoms with Gasteiger partial charge < -0.3 is 30.7 Å². The Labute approximate surface area is 256 Å². The minimum atomic E-state index is -1.23. The lowest BCUT2D eigenvalue weighted by Crippen LogP contribution is -2.55. The summed E-state index contributed by atoms with van der Waals surface area (Å²) in [7, 11) is 0. The molecule has 2 heterocycles. The van der Waals surface area contributed by atoms with Gasteiger partial charge in [-0.3, -0.25) is 24.0 Å². The highest BCUT2D eigenvalue weighted by Gasteiger charge is 2.35. The summed E-state index contributed by atoms with van der Waals surface area (Å²) in [6, 6.07) is 11.8. The Morgan fingerprint density at radius 3 is 2.39 bits per heavy atom. The SMILES string of the molecule is O=C(NCc1ccccc1)C(=O)[C@H](C[C@@H]1CCCNC1=O)NC(=O)C(CC1CCCCC1)NC(=O)c1ccc2c(c1)OCO2. The van der Waals surface area contributed by atoms with Gasteiger partial charge in [0.05, 0.1) is 6.04 Å². The number of carbonyl (C=O) groups is 5. The number of hydrogen-bond donors (Lipinski definition) is 4. The van der Waals surface area contributed by atoms with E-state index >= 15 is 0 Å². The molecule has 11 nitrogen and oxygen atoms in total. The average Bonchev–Trinajstić information content (AvgIpc) is 3.53. The van der Waals surface area contributed by atoms with Crippen LogP contribution in [0.2, 0.25) is 0 Å². The standard InChI is InChI=1S/C33H40N4O7/c38-29(33(42)35-19-22-10-5-2-6-11-22)25(17-23-12-7-15-34-30(23)39)36-32(41)26(16-21-8-3-1-4-9-21)37-31(40)24-13-14-27-28(18-24)44-20-43-27/h2,5-6,10-11,13-14,18,21,23,25-26H,1,3-4,7-9,12,15-17,19-20H2,(H,34,39)(H,35,42)(H,36,41)(H,37,40)/t23-,25-,26?/m0/s1. The fraction of sp³-hybridized carbons (Fsp3) is 0.485. The van der Waals surface area contributed by atoms with Crippen LogP contribution in [0.3, 0.4) is 0 Å². The van der Waals surface area contributed by atoms with Gasteiger partial charge in [-0.05, 0) is 55.4 Å². The van der Waals surface area contributed by atoms with Gasteiger partial charge in [-0.25, -0.2) is 0 Å². The van der Waals surface area contributed by atoms with E-state index in [1.54, 1.807) is 18.2 Å². The average molecular weight is 605 g/mol. The monoisotopic (exact) mass is 604 g/mol. The van der Waals surface area contributed by atoms with Gasteiger partial charge in [0.15, 0.2) is 11.5 Å². The summed E-state index contributed by atoms with van der Waals surface area (Å²) in [6.45, 7) is 0.763. The predicted octanol–water partition coefficient (Wildman–Crippen LogP) is 2.77. The summed E-state index contributed by atoms with van der Waals surface area (Å²) >= 11 is 0. The normalized spacial score (nSPS) is 19.3. The van der Waals surface area contributed by atoms with E-state index in [9.17, 15) is 24.0 Å². The predicted molar refractivity (Wildman–Crippen MR) is 161 cm³/mol. The van der Waals surface area contributed by atoms with E-state index in [-0.39, 0.29) is 31.6 Å². The van der Waals surface area contributed by atoms with Crippen molar-refractivity contribution in [2.75, 3.05) is 13.3 Å². The Bertz CT molecular complexity index is 1360. The van der Waals surface area contributed by atoms with E-state index in [0.717, 1.165) is 44.1 Å². The van der Waals surface area contributed by atoms with Crippen LogP contribution < -0.4 is 30.7 Å². The van der Waals surface area contributed by atoms with Crippen molar-refractivity contribution < 1.29 is 33.4 Å². The van der Waals surface area contributed by atoms with E-state index < -0.39 is 41.5 Å². The number of carbonyl (C=O) groups excluding carboxylic acids is 5. The third-order valence-electron chi connectivity index (χ3n) is 8.62. The molecule has 1 unspecified atom stereocenters. The molecule has 11 heteroatoms. The molecule has 4 amide bonds. The second kappa shape index (κ2) is 14.9. The van der Waals surface area contributed by atoms with Crippen LogP contribution in [0, 0.1) is 11.8 Å². The zero-order valence-corrected chi connectivity index (χ0v) is 24.8. The highest BCUT2D eigenvalue weighted by molar-refractivity contribution is 6.38. The van der Waals surface area contributed by atoms with Crippen molar-refractivity contribution >= 4 is 29.4 Å². The summed E-state index contributed by atoms with van der Waals surface area (Å²) in [4.78, 5) is 66.3. The van der Waals surface area contributed by atoms with Gasteiger partial charge in [0.2, 0.25) is 24.4 Å². The molecule has 4 N–H and O–H groups in total. The summed E-state index contributed by atoms with van der Waals surface area (Å²) in [5.74, 6) is -2.22. The first kappa shape index (κ1) is 31.0. The first-order chi connectivity index (χ1) is 21.4. The van der Waals surface area contributed by atoms with Gasteiger partial charge in [-0.15, -0.1) is 0 Å². The maximum atomic E-state index is 13.9. The minimum Gasteiger partial charge on any atom is -0.454 e. The van der Waals surface area contributed by atoms with Crippen molar-refractivity contribution in [1.29, 1.82) is 0 Å². The highest BCUT2D eigenvalue weighted by Crippen LogP contribution is 2.33. The smallest absolute Gasteiger partial charge is 0.289 e. The van der Waals surface area contributed by atoms with Gasteiger partial charge >= 0.3 is 0 Å². The first-order valence-corrected chi connectivity index (χ1v) is 15.5. The zero-order valence-electron chi connectivity index (χ0n) is 24.8. The Morgan fingerprint density at radius 1 is 0.841 bits per heavy atom. The van der Waals surface area contributed by atoms with Crippen LogP contribution in [-0.4, -0.2) is 54.8 Å². The number of rotatable bonds is 12. The molecule has 44 heavy (non-hydrogen) atoms. The first-order valence-electron chi connectivity index (χ1n) is 15.5. The van der Waals surface area contributed by atoms with E-state index in [1.165, 1.54) is 0 Å². The molecule has 234 valence electrons. The molecule has 2 fully saturated rings. The molecule has 0 radical (unpaired) electrons. The number of piperidine rings is 1. The Kier molecular flexibility index (Phi) is 10.5. The lowest BCUT2D eigenvalue weighted by molar-refractivity contribution is -0.141. The number of Topliss-reactive ketones (excluding diaryl/α,β-unsaturated/α-hetero) is 1. The molecule has 0 bridgehead atoms. The van der Waals surface area contributed by atoms with Crippen molar-refractivity contribution in [3.05, 3.63) is 59.7 Å². The van der Waals surface area contributed by atoms with Crippen LogP contribution in [0.15, 0.2) is 48.5 Å². The number of amides is 4. The second-order valence-electron chi connectivity index (χ2n) is 11.8. The fourth-order valence-electron chi connectivity index (χ4n) is 6.14. The molecule has 1 saturated heterocycles. The Hall–Kier alpha value is -4.41. The fourth-order valence-corrected chi connectivity index (χ4v) is 6.14. The maximum Gasteiger partial charge on any atom is 0.289 e.